The second kappa shape index (κ2) is 6.96. The van der Waals surface area contributed by atoms with Gasteiger partial charge in [-0.3, -0.25) is 9.58 Å². The molecule has 0 fully saturated rings. The third-order valence-electron chi connectivity index (χ3n) is 5.06. The molecule has 1 aliphatic rings. The molecule has 0 N–H and O–H groups in total. The fourth-order valence-electron chi connectivity index (χ4n) is 3.79. The van der Waals surface area contributed by atoms with Crippen LogP contribution in [0.2, 0.25) is 0 Å². The highest BCUT2D eigenvalue weighted by molar-refractivity contribution is 5.36. The molecule has 136 valence electrons. The highest BCUT2D eigenvalue weighted by Crippen LogP contribution is 2.35. The van der Waals surface area contributed by atoms with Gasteiger partial charge in [0.15, 0.2) is 0 Å². The minimum Gasteiger partial charge on any atom is -0.496 e. The molecule has 0 bridgehead atoms. The molecule has 1 aliphatic heterocycles. The lowest BCUT2D eigenvalue weighted by Crippen LogP contribution is -2.37. The van der Waals surface area contributed by atoms with Gasteiger partial charge in [0.2, 0.25) is 0 Å². The summed E-state index contributed by atoms with van der Waals surface area (Å²) >= 11 is 0. The quantitative estimate of drug-likeness (QED) is 0.707. The van der Waals surface area contributed by atoms with E-state index in [2.05, 4.69) is 62.5 Å². The Balaban J connectivity index is 1.71. The maximum Gasteiger partial charge on any atom is 0.123 e. The highest BCUT2D eigenvalue weighted by Gasteiger charge is 2.30. The van der Waals surface area contributed by atoms with E-state index in [1.54, 1.807) is 7.11 Å². The van der Waals surface area contributed by atoms with Crippen LogP contribution < -0.4 is 4.74 Å². The monoisotopic (exact) mass is 351 g/mol. The van der Waals surface area contributed by atoms with Crippen LogP contribution in [0.4, 0.5) is 0 Å². The Hall–Kier alpha value is -2.60. The molecule has 0 radical (unpaired) electrons. The first kappa shape index (κ1) is 16.8. The normalized spacial score (nSPS) is 17.5. The van der Waals surface area contributed by atoms with E-state index in [4.69, 9.17) is 4.74 Å². The van der Waals surface area contributed by atoms with Gasteiger partial charge in [0, 0.05) is 43.3 Å². The van der Waals surface area contributed by atoms with Crippen molar-refractivity contribution in [3.8, 4) is 5.75 Å². The van der Waals surface area contributed by atoms with Crippen molar-refractivity contribution in [2.45, 2.75) is 45.6 Å². The number of ether oxygens (including phenoxy) is 1. The first-order valence-electron chi connectivity index (χ1n) is 9.06. The van der Waals surface area contributed by atoms with Crippen molar-refractivity contribution >= 4 is 0 Å². The summed E-state index contributed by atoms with van der Waals surface area (Å²) in [5, 5.41) is 4.49. The van der Waals surface area contributed by atoms with Crippen molar-refractivity contribution in [2.75, 3.05) is 7.11 Å². The highest BCUT2D eigenvalue weighted by atomic mass is 16.5. The van der Waals surface area contributed by atoms with Gasteiger partial charge in [-0.25, -0.2) is 4.98 Å². The van der Waals surface area contributed by atoms with Crippen LogP contribution in [0.25, 0.3) is 0 Å². The summed E-state index contributed by atoms with van der Waals surface area (Å²) < 4.78 is 9.99. The number of benzene rings is 1. The molecule has 1 aromatic carbocycles. The summed E-state index contributed by atoms with van der Waals surface area (Å²) in [6.07, 6.45) is 5.84. The van der Waals surface area contributed by atoms with E-state index in [-0.39, 0.29) is 6.04 Å². The molecule has 3 heterocycles. The van der Waals surface area contributed by atoms with E-state index < -0.39 is 0 Å². The van der Waals surface area contributed by atoms with Crippen molar-refractivity contribution in [1.29, 1.82) is 0 Å². The maximum absolute atomic E-state index is 5.64. The average Bonchev–Trinajstić information content (AvgIpc) is 3.30. The zero-order valence-electron chi connectivity index (χ0n) is 15.5. The zero-order valence-corrected chi connectivity index (χ0v) is 15.5. The standard InChI is InChI=1S/C20H25N5O/c1-15(2)25-16(8-9-22-25)12-24-14-20-21-10-11-23(20)13-18(24)17-6-4-5-7-19(17)26-3/h4-11,15,18H,12-14H2,1-3H3/t18-/m1/s1. The van der Waals surface area contributed by atoms with Gasteiger partial charge >= 0.3 is 0 Å². The van der Waals surface area contributed by atoms with Crippen molar-refractivity contribution < 1.29 is 4.74 Å². The van der Waals surface area contributed by atoms with Crippen molar-refractivity contribution in [3.63, 3.8) is 0 Å². The van der Waals surface area contributed by atoms with E-state index >= 15 is 0 Å². The maximum atomic E-state index is 5.64. The number of nitrogens with zero attached hydrogens (tertiary/aromatic N) is 5. The molecular formula is C20H25N5O. The SMILES string of the molecule is COc1ccccc1[C@H]1Cn2ccnc2CN1Cc1ccnn1C(C)C. The predicted molar refractivity (Wildman–Crippen MR) is 99.8 cm³/mol. The Kier molecular flexibility index (Phi) is 4.51. The van der Waals surface area contributed by atoms with Gasteiger partial charge in [0.1, 0.15) is 11.6 Å². The number of methoxy groups -OCH3 is 1. The molecular weight excluding hydrogens is 326 g/mol. The number of rotatable bonds is 5. The molecule has 26 heavy (non-hydrogen) atoms. The lowest BCUT2D eigenvalue weighted by molar-refractivity contribution is 0.121. The molecule has 0 saturated carbocycles. The molecule has 2 aromatic heterocycles. The molecule has 3 aromatic rings. The summed E-state index contributed by atoms with van der Waals surface area (Å²) in [5.41, 5.74) is 2.44. The van der Waals surface area contributed by atoms with Gasteiger partial charge in [-0.2, -0.15) is 5.10 Å². The Bertz CT molecular complexity index is 882. The van der Waals surface area contributed by atoms with Crippen molar-refractivity contribution in [2.24, 2.45) is 0 Å². The van der Waals surface area contributed by atoms with Gasteiger partial charge in [-0.1, -0.05) is 18.2 Å². The fraction of sp³-hybridized carbons (Fsp3) is 0.400. The second-order valence-electron chi connectivity index (χ2n) is 7.02. The van der Waals surface area contributed by atoms with Crippen LogP contribution >= 0.6 is 0 Å². The first-order valence-corrected chi connectivity index (χ1v) is 9.06. The lowest BCUT2D eigenvalue weighted by atomic mass is 10.0. The second-order valence-corrected chi connectivity index (χ2v) is 7.02. The van der Waals surface area contributed by atoms with Crippen molar-refractivity contribution in [3.05, 3.63) is 66.0 Å². The minimum atomic E-state index is 0.225. The third-order valence-corrected chi connectivity index (χ3v) is 5.06. The summed E-state index contributed by atoms with van der Waals surface area (Å²) in [5.74, 6) is 2.04. The average molecular weight is 351 g/mol. The Labute approximate surface area is 154 Å². The summed E-state index contributed by atoms with van der Waals surface area (Å²) in [6.45, 7) is 6.83. The number of aromatic nitrogens is 4. The van der Waals surface area contributed by atoms with Gasteiger partial charge in [0.25, 0.3) is 0 Å². The third kappa shape index (κ3) is 3.01. The van der Waals surface area contributed by atoms with E-state index in [1.165, 1.54) is 11.3 Å². The van der Waals surface area contributed by atoms with E-state index in [0.717, 1.165) is 31.2 Å². The Morgan fingerprint density at radius 1 is 1.19 bits per heavy atom. The van der Waals surface area contributed by atoms with Crippen LogP contribution in [0.15, 0.2) is 48.9 Å². The van der Waals surface area contributed by atoms with E-state index in [0.29, 0.717) is 6.04 Å². The molecule has 0 amide bonds. The number of fused-ring (bicyclic) bond motifs is 1. The Morgan fingerprint density at radius 2 is 2.04 bits per heavy atom. The number of hydrogen-bond acceptors (Lipinski definition) is 4. The van der Waals surface area contributed by atoms with Crippen LogP contribution in [0.3, 0.4) is 0 Å². The van der Waals surface area contributed by atoms with Gasteiger partial charge in [-0.15, -0.1) is 0 Å². The molecule has 6 nitrogen and oxygen atoms in total. The minimum absolute atomic E-state index is 0.225. The molecule has 0 unspecified atom stereocenters. The number of imidazole rings is 1. The van der Waals surface area contributed by atoms with Crippen LogP contribution in [-0.4, -0.2) is 31.3 Å². The first-order chi connectivity index (χ1) is 12.7. The largest absolute Gasteiger partial charge is 0.496 e. The smallest absolute Gasteiger partial charge is 0.123 e. The Morgan fingerprint density at radius 3 is 2.85 bits per heavy atom. The topological polar surface area (TPSA) is 48.1 Å². The van der Waals surface area contributed by atoms with Crippen LogP contribution in [0.1, 0.15) is 43.0 Å². The van der Waals surface area contributed by atoms with Crippen LogP contribution in [0.5, 0.6) is 5.75 Å². The van der Waals surface area contributed by atoms with Gasteiger partial charge in [0.05, 0.1) is 25.4 Å². The molecule has 6 heteroatoms. The zero-order chi connectivity index (χ0) is 18.1. The fourth-order valence-corrected chi connectivity index (χ4v) is 3.79. The van der Waals surface area contributed by atoms with Crippen LogP contribution in [0, 0.1) is 0 Å². The van der Waals surface area contributed by atoms with Crippen molar-refractivity contribution in [1.82, 2.24) is 24.2 Å². The molecule has 0 spiro atoms. The predicted octanol–water partition coefficient (Wildman–Crippen LogP) is 3.43. The number of para-hydroxylation sites is 1. The molecule has 1 atom stereocenters. The van der Waals surface area contributed by atoms with E-state index in [9.17, 15) is 0 Å². The lowest BCUT2D eigenvalue weighted by Gasteiger charge is -2.37. The van der Waals surface area contributed by atoms with Crippen LogP contribution in [-0.2, 0) is 19.6 Å². The number of hydrogen-bond donors (Lipinski definition) is 0. The summed E-state index contributed by atoms with van der Waals surface area (Å²) in [4.78, 5) is 7.00. The molecule has 0 aliphatic carbocycles. The summed E-state index contributed by atoms with van der Waals surface area (Å²) in [7, 11) is 1.74. The molecule has 0 saturated heterocycles. The van der Waals surface area contributed by atoms with Gasteiger partial charge < -0.3 is 9.30 Å². The van der Waals surface area contributed by atoms with E-state index in [1.807, 2.05) is 24.5 Å². The molecule has 4 rings (SSSR count). The summed E-state index contributed by atoms with van der Waals surface area (Å²) in [6, 6.07) is 11.0. The van der Waals surface area contributed by atoms with Gasteiger partial charge in [-0.05, 0) is 26.0 Å².